The van der Waals surface area contributed by atoms with E-state index in [1.807, 2.05) is 6.07 Å². The number of nitriles is 1. The molecule has 10 heteroatoms. The first-order valence-corrected chi connectivity index (χ1v) is 14.4. The van der Waals surface area contributed by atoms with Gasteiger partial charge in [-0.2, -0.15) is 10.2 Å². The van der Waals surface area contributed by atoms with Crippen molar-refractivity contribution in [2.24, 2.45) is 5.92 Å². The second-order valence-corrected chi connectivity index (χ2v) is 11.9. The molecule has 0 bridgehead atoms. The Balaban J connectivity index is 1.23. The van der Waals surface area contributed by atoms with Gasteiger partial charge in [0, 0.05) is 18.4 Å². The number of aryl methyl sites for hydroxylation is 1. The lowest BCUT2D eigenvalue weighted by atomic mass is 9.76. The number of aliphatic hydroxyl groups is 1. The van der Waals surface area contributed by atoms with Crippen molar-refractivity contribution in [3.05, 3.63) is 69.7 Å². The average Bonchev–Trinajstić information content (AvgIpc) is 3.71. The van der Waals surface area contributed by atoms with E-state index >= 15 is 4.39 Å². The third-order valence-corrected chi connectivity index (χ3v) is 9.25. The van der Waals surface area contributed by atoms with Gasteiger partial charge < -0.3 is 9.84 Å². The minimum absolute atomic E-state index is 0.00767. The van der Waals surface area contributed by atoms with E-state index in [4.69, 9.17) is 16.3 Å². The third-order valence-electron chi connectivity index (χ3n) is 9.05. The van der Waals surface area contributed by atoms with Crippen molar-refractivity contribution in [1.82, 2.24) is 19.6 Å². The second kappa shape index (κ2) is 10.5. The maximum atomic E-state index is 15.3. The van der Waals surface area contributed by atoms with E-state index in [-0.39, 0.29) is 35.9 Å². The van der Waals surface area contributed by atoms with Crippen LogP contribution in [0.2, 0.25) is 5.02 Å². The fourth-order valence-electron chi connectivity index (χ4n) is 6.90. The van der Waals surface area contributed by atoms with Gasteiger partial charge in [-0.15, -0.1) is 5.10 Å². The average molecular weight is 564 g/mol. The number of ether oxygens (including phenoxy) is 1. The largest absolute Gasteiger partial charge is 0.512 e. The van der Waals surface area contributed by atoms with Crippen LogP contribution in [-0.2, 0) is 27.8 Å². The molecule has 0 spiro atoms. The van der Waals surface area contributed by atoms with Crippen molar-refractivity contribution < 1.29 is 19.0 Å². The van der Waals surface area contributed by atoms with Crippen molar-refractivity contribution in [3.8, 4) is 6.07 Å². The molecule has 3 aliphatic rings. The summed E-state index contributed by atoms with van der Waals surface area (Å²) < 4.78 is 22.9. The maximum Gasteiger partial charge on any atom is 0.338 e. The number of cyclic esters (lactones) is 1. The molecule has 1 aliphatic heterocycles. The molecule has 2 aromatic heterocycles. The van der Waals surface area contributed by atoms with Crippen LogP contribution in [0.1, 0.15) is 81.2 Å². The summed E-state index contributed by atoms with van der Waals surface area (Å²) in [4.78, 5) is 21.8. The van der Waals surface area contributed by atoms with Crippen molar-refractivity contribution in [2.45, 2.75) is 88.1 Å². The zero-order valence-corrected chi connectivity index (χ0v) is 23.0. The van der Waals surface area contributed by atoms with Crippen LogP contribution in [0.25, 0.3) is 5.78 Å². The first-order chi connectivity index (χ1) is 19.3. The molecule has 1 N–H and O–H groups in total. The molecule has 8 nitrogen and oxygen atoms in total. The molecule has 3 aromatic rings. The van der Waals surface area contributed by atoms with Crippen LogP contribution in [0.15, 0.2) is 41.9 Å². The number of carbonyl (C=O) groups excluding carboxylic acids is 1. The number of aliphatic hydroxyl groups excluding tert-OH is 1. The highest BCUT2D eigenvalue weighted by atomic mass is 35.5. The minimum Gasteiger partial charge on any atom is -0.512 e. The topological polar surface area (TPSA) is 113 Å². The van der Waals surface area contributed by atoms with Crippen molar-refractivity contribution in [3.63, 3.8) is 0 Å². The summed E-state index contributed by atoms with van der Waals surface area (Å²) >= 11 is 5.98. The number of hydrogen-bond acceptors (Lipinski definition) is 7. The van der Waals surface area contributed by atoms with Crippen LogP contribution in [-0.4, -0.2) is 36.3 Å². The molecule has 2 saturated carbocycles. The Hall–Kier alpha value is -3.51. The Morgan fingerprint density at radius 2 is 2.00 bits per heavy atom. The van der Waals surface area contributed by atoms with E-state index in [1.165, 1.54) is 16.8 Å². The lowest BCUT2D eigenvalue weighted by molar-refractivity contribution is -0.167. The molecule has 3 heterocycles. The SMILES string of the molecule is N#CC1(c2ccc(CCC3(C4CCCC4)CC(O)=C(Cc4nc5ncc(Cl)cn5n4)C(=O)O3)cc2F)CCCC1. The summed E-state index contributed by atoms with van der Waals surface area (Å²) in [6, 6.07) is 7.54. The van der Waals surface area contributed by atoms with Crippen molar-refractivity contribution in [2.75, 3.05) is 0 Å². The number of carbonyl (C=O) groups is 1. The highest BCUT2D eigenvalue weighted by Crippen LogP contribution is 2.46. The number of hydrogen-bond donors (Lipinski definition) is 1. The van der Waals surface area contributed by atoms with Gasteiger partial charge in [0.2, 0.25) is 0 Å². The van der Waals surface area contributed by atoms with Gasteiger partial charge >= 0.3 is 5.97 Å². The molecule has 1 aromatic carbocycles. The molecule has 6 rings (SSSR count). The van der Waals surface area contributed by atoms with Gasteiger partial charge in [-0.1, -0.05) is 49.4 Å². The van der Waals surface area contributed by atoms with Gasteiger partial charge in [0.15, 0.2) is 5.82 Å². The van der Waals surface area contributed by atoms with Gasteiger partial charge in [-0.3, -0.25) is 0 Å². The molecule has 208 valence electrons. The third kappa shape index (κ3) is 4.83. The van der Waals surface area contributed by atoms with Crippen LogP contribution in [0.3, 0.4) is 0 Å². The quantitative estimate of drug-likeness (QED) is 0.345. The lowest BCUT2D eigenvalue weighted by Gasteiger charge is -2.41. The Morgan fingerprint density at radius 3 is 2.70 bits per heavy atom. The van der Waals surface area contributed by atoms with E-state index in [0.717, 1.165) is 44.1 Å². The Labute approximate surface area is 236 Å². The number of nitrogens with zero attached hydrogens (tertiary/aromatic N) is 5. The first kappa shape index (κ1) is 26.7. The molecule has 1 atom stereocenters. The molecule has 1 unspecified atom stereocenters. The Bertz CT molecular complexity index is 1530. The first-order valence-electron chi connectivity index (χ1n) is 14.0. The van der Waals surface area contributed by atoms with E-state index in [1.54, 1.807) is 12.3 Å². The van der Waals surface area contributed by atoms with E-state index in [0.29, 0.717) is 47.9 Å². The molecular formula is C30H31ClFN5O3. The lowest BCUT2D eigenvalue weighted by Crippen LogP contribution is -2.46. The molecule has 2 aliphatic carbocycles. The van der Waals surface area contributed by atoms with E-state index in [2.05, 4.69) is 21.1 Å². The highest BCUT2D eigenvalue weighted by molar-refractivity contribution is 6.30. The molecule has 40 heavy (non-hydrogen) atoms. The van der Waals surface area contributed by atoms with Gasteiger partial charge in [-0.05, 0) is 56.1 Å². The molecule has 0 amide bonds. The van der Waals surface area contributed by atoms with Crippen LogP contribution in [0.4, 0.5) is 4.39 Å². The number of rotatable bonds is 7. The second-order valence-electron chi connectivity index (χ2n) is 11.5. The minimum atomic E-state index is -0.864. The van der Waals surface area contributed by atoms with E-state index < -0.39 is 17.0 Å². The monoisotopic (exact) mass is 563 g/mol. The maximum absolute atomic E-state index is 15.3. The van der Waals surface area contributed by atoms with Gasteiger partial charge in [0.05, 0.1) is 34.5 Å². The smallest absolute Gasteiger partial charge is 0.338 e. The standard InChI is InChI=1S/C30H31ClFN5O3/c31-21-16-34-28-35-26(36-37(28)17-21)14-22-25(38)15-30(40-27(22)39,20-5-1-2-6-20)12-9-19-7-8-23(24(32)13-19)29(18-33)10-3-4-11-29/h7-8,13,16-17,20,38H,1-6,9-12,14-15H2. The Morgan fingerprint density at radius 1 is 1.23 bits per heavy atom. The summed E-state index contributed by atoms with van der Waals surface area (Å²) in [5, 5.41) is 25.7. The summed E-state index contributed by atoms with van der Waals surface area (Å²) in [5.74, 6) is -0.141. The molecule has 2 fully saturated rings. The number of aromatic nitrogens is 4. The molecule has 0 radical (unpaired) electrons. The summed E-state index contributed by atoms with van der Waals surface area (Å²) in [6.07, 6.45) is 11.4. The number of fused-ring (bicyclic) bond motifs is 1. The van der Waals surface area contributed by atoms with Gasteiger partial charge in [0.1, 0.15) is 17.2 Å². The van der Waals surface area contributed by atoms with Crippen LogP contribution in [0.5, 0.6) is 0 Å². The van der Waals surface area contributed by atoms with Gasteiger partial charge in [0.25, 0.3) is 5.78 Å². The van der Waals surface area contributed by atoms with Crippen molar-refractivity contribution >= 4 is 23.3 Å². The molecule has 0 saturated heterocycles. The number of esters is 1. The van der Waals surface area contributed by atoms with Crippen LogP contribution in [0, 0.1) is 23.1 Å². The highest BCUT2D eigenvalue weighted by Gasteiger charge is 2.48. The number of halogens is 2. The fourth-order valence-corrected chi connectivity index (χ4v) is 7.04. The number of benzene rings is 1. The fraction of sp³-hybridized carbons (Fsp3) is 0.500. The summed E-state index contributed by atoms with van der Waals surface area (Å²) in [5.41, 5.74) is -0.192. The van der Waals surface area contributed by atoms with Gasteiger partial charge in [-0.25, -0.2) is 18.7 Å². The predicted molar refractivity (Wildman–Crippen MR) is 145 cm³/mol. The van der Waals surface area contributed by atoms with E-state index in [9.17, 15) is 15.2 Å². The zero-order valence-electron chi connectivity index (χ0n) is 22.2. The summed E-state index contributed by atoms with van der Waals surface area (Å²) in [7, 11) is 0. The Kier molecular flexibility index (Phi) is 6.99. The van der Waals surface area contributed by atoms with Crippen molar-refractivity contribution in [1.29, 1.82) is 5.26 Å². The molecular weight excluding hydrogens is 533 g/mol. The van der Waals surface area contributed by atoms with Crippen LogP contribution >= 0.6 is 11.6 Å². The zero-order chi connectivity index (χ0) is 27.9. The van der Waals surface area contributed by atoms with Crippen LogP contribution < -0.4 is 0 Å². The predicted octanol–water partition coefficient (Wildman–Crippen LogP) is 6.12. The summed E-state index contributed by atoms with van der Waals surface area (Å²) in [6.45, 7) is 0. The normalized spacial score (nSPS) is 23.1.